The fourth-order valence-electron chi connectivity index (χ4n) is 2.18. The van der Waals surface area contributed by atoms with E-state index in [1.165, 1.54) is 12.2 Å². The van der Waals surface area contributed by atoms with Crippen LogP contribution in [0, 0.1) is 0 Å². The maximum absolute atomic E-state index is 6.24. The monoisotopic (exact) mass is 316 g/mol. The molecule has 0 aliphatic heterocycles. The van der Waals surface area contributed by atoms with Crippen LogP contribution < -0.4 is 0 Å². The maximum Gasteiger partial charge on any atom is 0.127 e. The van der Waals surface area contributed by atoms with E-state index >= 15 is 0 Å². The average Bonchev–Trinajstić information content (AvgIpc) is 2.72. The van der Waals surface area contributed by atoms with Gasteiger partial charge in [-0.2, -0.15) is 11.8 Å². The summed E-state index contributed by atoms with van der Waals surface area (Å²) in [5.74, 6) is 2.13. The van der Waals surface area contributed by atoms with Crippen molar-refractivity contribution in [2.45, 2.75) is 31.7 Å². The number of aryl methyl sites for hydroxylation is 1. The van der Waals surface area contributed by atoms with Gasteiger partial charge in [-0.25, -0.2) is 4.98 Å². The molecular formula is C14H18Cl2N2S. The topological polar surface area (TPSA) is 17.8 Å². The van der Waals surface area contributed by atoms with E-state index in [2.05, 4.69) is 15.8 Å². The van der Waals surface area contributed by atoms with Crippen LogP contribution in [0.15, 0.2) is 18.2 Å². The summed E-state index contributed by atoms with van der Waals surface area (Å²) in [6.07, 6.45) is 4.50. The smallest absolute Gasteiger partial charge is 0.127 e. The molecule has 0 aliphatic rings. The van der Waals surface area contributed by atoms with E-state index in [0.717, 1.165) is 29.8 Å². The number of benzene rings is 1. The molecule has 5 heteroatoms. The minimum Gasteiger partial charge on any atom is -0.327 e. The number of hydrogen-bond donors (Lipinski definition) is 0. The number of nitrogens with zero attached hydrogens (tertiary/aromatic N) is 2. The van der Waals surface area contributed by atoms with E-state index in [1.807, 2.05) is 36.9 Å². The summed E-state index contributed by atoms with van der Waals surface area (Å²) in [4.78, 5) is 4.61. The van der Waals surface area contributed by atoms with E-state index in [0.29, 0.717) is 5.02 Å². The van der Waals surface area contributed by atoms with Crippen LogP contribution in [0.1, 0.15) is 31.0 Å². The second-order valence-corrected chi connectivity index (χ2v) is 6.65. The first-order chi connectivity index (χ1) is 9.13. The van der Waals surface area contributed by atoms with Crippen LogP contribution in [0.25, 0.3) is 11.0 Å². The molecule has 104 valence electrons. The van der Waals surface area contributed by atoms with Crippen molar-refractivity contribution in [3.63, 3.8) is 0 Å². The molecule has 0 aliphatic carbocycles. The van der Waals surface area contributed by atoms with Crippen molar-refractivity contribution in [3.05, 3.63) is 29.0 Å². The number of aromatic nitrogens is 2. The number of imidazole rings is 1. The summed E-state index contributed by atoms with van der Waals surface area (Å²) < 4.78 is 2.23. The molecule has 2 rings (SSSR count). The minimum atomic E-state index is -0.0910. The Hall–Kier alpha value is -0.380. The highest BCUT2D eigenvalue weighted by Crippen LogP contribution is 2.27. The Morgan fingerprint density at radius 2 is 2.16 bits per heavy atom. The Morgan fingerprint density at radius 3 is 2.84 bits per heavy atom. The van der Waals surface area contributed by atoms with Gasteiger partial charge in [0, 0.05) is 11.6 Å². The highest BCUT2D eigenvalue weighted by molar-refractivity contribution is 7.98. The van der Waals surface area contributed by atoms with Crippen LogP contribution in [-0.2, 0) is 6.54 Å². The molecule has 0 radical (unpaired) electrons. The molecule has 1 atom stereocenters. The second kappa shape index (κ2) is 6.87. The summed E-state index contributed by atoms with van der Waals surface area (Å²) >= 11 is 14.1. The quantitative estimate of drug-likeness (QED) is 0.543. The van der Waals surface area contributed by atoms with Crippen LogP contribution in [0.3, 0.4) is 0 Å². The zero-order chi connectivity index (χ0) is 13.8. The van der Waals surface area contributed by atoms with Gasteiger partial charge in [-0.15, -0.1) is 11.6 Å². The number of fused-ring (bicyclic) bond motifs is 1. The van der Waals surface area contributed by atoms with Crippen molar-refractivity contribution in [3.8, 4) is 0 Å². The fourth-order valence-corrected chi connectivity index (χ4v) is 3.00. The van der Waals surface area contributed by atoms with Crippen molar-refractivity contribution in [1.29, 1.82) is 0 Å². The second-order valence-electron chi connectivity index (χ2n) is 4.57. The van der Waals surface area contributed by atoms with Crippen molar-refractivity contribution in [2.75, 3.05) is 12.0 Å². The van der Waals surface area contributed by atoms with Crippen LogP contribution in [-0.4, -0.2) is 21.6 Å². The number of thioether (sulfide) groups is 1. The van der Waals surface area contributed by atoms with Crippen molar-refractivity contribution < 1.29 is 0 Å². The van der Waals surface area contributed by atoms with Gasteiger partial charge in [0.15, 0.2) is 0 Å². The zero-order valence-corrected chi connectivity index (χ0v) is 13.5. The van der Waals surface area contributed by atoms with E-state index in [1.54, 1.807) is 0 Å². The number of halogens is 2. The normalized spacial score (nSPS) is 13.1. The van der Waals surface area contributed by atoms with Gasteiger partial charge in [0.1, 0.15) is 5.82 Å². The van der Waals surface area contributed by atoms with Gasteiger partial charge >= 0.3 is 0 Å². The predicted octanol–water partition coefficient (Wildman–Crippen LogP) is 5.13. The van der Waals surface area contributed by atoms with Crippen LogP contribution in [0.4, 0.5) is 0 Å². The SMILES string of the molecule is CSCCCCn1c(C(C)Cl)nc2cc(Cl)ccc21. The summed E-state index contributed by atoms with van der Waals surface area (Å²) in [7, 11) is 0. The molecule has 0 spiro atoms. The molecule has 2 aromatic rings. The van der Waals surface area contributed by atoms with Gasteiger partial charge in [0.05, 0.1) is 16.4 Å². The molecule has 0 amide bonds. The molecule has 19 heavy (non-hydrogen) atoms. The molecule has 0 N–H and O–H groups in total. The lowest BCUT2D eigenvalue weighted by Crippen LogP contribution is -2.05. The standard InChI is InChI=1S/C14H18Cl2N2S/c1-10(15)14-17-12-9-11(16)5-6-13(12)18(14)7-3-4-8-19-2/h5-6,9-10H,3-4,7-8H2,1-2H3. The van der Waals surface area contributed by atoms with Gasteiger partial charge in [-0.3, -0.25) is 0 Å². The number of alkyl halides is 1. The molecule has 1 aromatic heterocycles. The molecule has 2 nitrogen and oxygen atoms in total. The third-order valence-electron chi connectivity index (χ3n) is 3.08. The lowest BCUT2D eigenvalue weighted by Gasteiger charge is -2.10. The van der Waals surface area contributed by atoms with Crippen LogP contribution in [0.5, 0.6) is 0 Å². The number of hydrogen-bond acceptors (Lipinski definition) is 2. The Balaban J connectivity index is 2.30. The number of rotatable bonds is 6. The van der Waals surface area contributed by atoms with Gasteiger partial charge in [0.2, 0.25) is 0 Å². The van der Waals surface area contributed by atoms with Gasteiger partial charge in [0.25, 0.3) is 0 Å². The highest BCUT2D eigenvalue weighted by atomic mass is 35.5. The molecule has 1 aromatic carbocycles. The number of unbranched alkanes of at least 4 members (excludes halogenated alkanes) is 1. The maximum atomic E-state index is 6.24. The first-order valence-corrected chi connectivity index (χ1v) is 8.63. The first-order valence-electron chi connectivity index (χ1n) is 6.42. The fraction of sp³-hybridized carbons (Fsp3) is 0.500. The molecule has 1 heterocycles. The predicted molar refractivity (Wildman–Crippen MR) is 86.6 cm³/mol. The summed E-state index contributed by atoms with van der Waals surface area (Å²) in [5.41, 5.74) is 2.05. The average molecular weight is 317 g/mol. The van der Waals surface area contributed by atoms with Crippen LogP contribution >= 0.6 is 35.0 Å². The molecule has 0 saturated carbocycles. The van der Waals surface area contributed by atoms with Gasteiger partial charge < -0.3 is 4.57 Å². The lowest BCUT2D eigenvalue weighted by atomic mass is 10.3. The lowest BCUT2D eigenvalue weighted by molar-refractivity contribution is 0.619. The van der Waals surface area contributed by atoms with E-state index < -0.39 is 0 Å². The van der Waals surface area contributed by atoms with Crippen molar-refractivity contribution in [1.82, 2.24) is 9.55 Å². The summed E-state index contributed by atoms with van der Waals surface area (Å²) in [6, 6.07) is 5.84. The molecule has 1 unspecified atom stereocenters. The van der Waals surface area contributed by atoms with E-state index in [4.69, 9.17) is 23.2 Å². The van der Waals surface area contributed by atoms with Crippen molar-refractivity contribution >= 4 is 46.0 Å². The molecular weight excluding hydrogens is 299 g/mol. The molecule has 0 saturated heterocycles. The van der Waals surface area contributed by atoms with Gasteiger partial charge in [-0.05, 0) is 50.0 Å². The minimum absolute atomic E-state index is 0.0910. The molecule has 0 bridgehead atoms. The van der Waals surface area contributed by atoms with Crippen molar-refractivity contribution in [2.24, 2.45) is 0 Å². The Morgan fingerprint density at radius 1 is 1.37 bits per heavy atom. The zero-order valence-electron chi connectivity index (χ0n) is 11.2. The summed E-state index contributed by atoms with van der Waals surface area (Å²) in [6.45, 7) is 2.92. The van der Waals surface area contributed by atoms with Crippen LogP contribution in [0.2, 0.25) is 5.02 Å². The van der Waals surface area contributed by atoms with E-state index in [9.17, 15) is 0 Å². The Bertz CT molecular complexity index is 552. The third kappa shape index (κ3) is 3.59. The largest absolute Gasteiger partial charge is 0.327 e. The third-order valence-corrected chi connectivity index (χ3v) is 4.20. The van der Waals surface area contributed by atoms with Gasteiger partial charge in [-0.1, -0.05) is 11.6 Å². The van der Waals surface area contributed by atoms with E-state index in [-0.39, 0.29) is 5.38 Å². The first kappa shape index (κ1) is 15.0. The Labute approximate surface area is 128 Å². The highest BCUT2D eigenvalue weighted by Gasteiger charge is 2.14. The Kier molecular flexibility index (Phi) is 5.43. The molecule has 0 fully saturated rings. The summed E-state index contributed by atoms with van der Waals surface area (Å²) in [5, 5.41) is 0.625.